The fourth-order valence-corrected chi connectivity index (χ4v) is 5.87. The Morgan fingerprint density at radius 1 is 0.750 bits per heavy atom. The molecule has 1 heteroatoms. The van der Waals surface area contributed by atoms with Crippen LogP contribution in [0.1, 0.15) is 80.5 Å². The Kier molecular flexibility index (Phi) is 6.02. The van der Waals surface area contributed by atoms with Crippen molar-refractivity contribution in [2.75, 3.05) is 0 Å². The molecule has 0 aromatic heterocycles. The van der Waals surface area contributed by atoms with Crippen LogP contribution in [0.4, 0.5) is 0 Å². The molecule has 0 unspecified atom stereocenters. The van der Waals surface area contributed by atoms with Crippen molar-refractivity contribution in [3.8, 4) is 0 Å². The van der Waals surface area contributed by atoms with Crippen LogP contribution in [0.2, 0.25) is 0 Å². The summed E-state index contributed by atoms with van der Waals surface area (Å²) in [7, 11) is 0. The normalized spacial score (nSPS) is 13.7. The molecule has 0 radical (unpaired) electrons. The van der Waals surface area contributed by atoms with Crippen LogP contribution < -0.4 is 0 Å². The minimum absolute atomic E-state index is 0. The summed E-state index contributed by atoms with van der Waals surface area (Å²) in [6.45, 7) is 18.4. The molecule has 162 valence electrons. The van der Waals surface area contributed by atoms with Crippen LogP contribution in [-0.4, -0.2) is 0 Å². The molecular formula is C31H34U. The van der Waals surface area contributed by atoms with E-state index in [4.69, 9.17) is 0 Å². The van der Waals surface area contributed by atoms with Gasteiger partial charge in [-0.25, -0.2) is 0 Å². The van der Waals surface area contributed by atoms with E-state index in [9.17, 15) is 0 Å². The molecule has 0 nitrogen and oxygen atoms in total. The van der Waals surface area contributed by atoms with Crippen molar-refractivity contribution in [1.82, 2.24) is 0 Å². The Morgan fingerprint density at radius 3 is 1.91 bits per heavy atom. The molecule has 4 aromatic rings. The van der Waals surface area contributed by atoms with Crippen molar-refractivity contribution in [3.05, 3.63) is 94.4 Å². The van der Waals surface area contributed by atoms with Gasteiger partial charge >= 0.3 is 31.1 Å². The third-order valence-corrected chi connectivity index (χ3v) is 7.24. The van der Waals surface area contributed by atoms with Gasteiger partial charge in [0.05, 0.1) is 0 Å². The summed E-state index contributed by atoms with van der Waals surface area (Å²) in [6.07, 6.45) is 2.86. The molecule has 0 atom stereocenters. The monoisotopic (exact) mass is 644 g/mol. The standard InChI is InChI=1S/C31H34.U/c1-8-21-26(30(2,3)4)15-13-22-23-14-16-27(31(5,6)7)24-17-19-11-9-10-12-20(19)18-25(28(21)22)29(23)24;/h9-16H,1,8,17-18H2,2-7H3;/q-2;+2. The zero-order chi connectivity index (χ0) is 22.1. The maximum atomic E-state index is 4.39. The number of fused-ring (bicyclic) bond motifs is 4. The van der Waals surface area contributed by atoms with Crippen molar-refractivity contribution >= 4 is 21.5 Å². The first-order valence-corrected chi connectivity index (χ1v) is 11.7. The summed E-state index contributed by atoms with van der Waals surface area (Å²) in [5, 5.41) is 5.83. The Bertz CT molecular complexity index is 1320. The molecule has 0 spiro atoms. The van der Waals surface area contributed by atoms with Crippen LogP contribution in [0.3, 0.4) is 0 Å². The Morgan fingerprint density at radius 2 is 1.31 bits per heavy atom. The molecule has 0 saturated heterocycles. The molecule has 0 amide bonds. The summed E-state index contributed by atoms with van der Waals surface area (Å²) in [4.78, 5) is 0. The van der Waals surface area contributed by atoms with Gasteiger partial charge in [-0.2, -0.15) is 6.42 Å². The van der Waals surface area contributed by atoms with Crippen molar-refractivity contribution in [2.45, 2.75) is 71.6 Å². The van der Waals surface area contributed by atoms with Gasteiger partial charge in [-0.1, -0.05) is 107 Å². The molecule has 1 aliphatic carbocycles. The summed E-state index contributed by atoms with van der Waals surface area (Å²) in [6, 6.07) is 18.6. The molecule has 5 rings (SSSR count). The van der Waals surface area contributed by atoms with Gasteiger partial charge in [0.2, 0.25) is 0 Å². The first-order chi connectivity index (χ1) is 14.6. The molecule has 4 aromatic carbocycles. The van der Waals surface area contributed by atoms with Gasteiger partial charge in [-0.05, 0) is 34.8 Å². The predicted molar refractivity (Wildman–Crippen MR) is 136 cm³/mol. The smallest absolute Gasteiger partial charge is 0.346 e. The van der Waals surface area contributed by atoms with E-state index in [-0.39, 0.29) is 41.9 Å². The molecule has 0 aliphatic heterocycles. The minimum atomic E-state index is 0. The second-order valence-electron chi connectivity index (χ2n) is 11.4. The van der Waals surface area contributed by atoms with Crippen LogP contribution in [0.25, 0.3) is 21.5 Å². The Balaban J connectivity index is 0.00000245. The van der Waals surface area contributed by atoms with Gasteiger partial charge in [0, 0.05) is 0 Å². The van der Waals surface area contributed by atoms with Gasteiger partial charge in [0.15, 0.2) is 0 Å². The van der Waals surface area contributed by atoms with Crippen LogP contribution in [0, 0.1) is 38.0 Å². The van der Waals surface area contributed by atoms with E-state index in [0.717, 1.165) is 19.3 Å². The van der Waals surface area contributed by atoms with E-state index >= 15 is 0 Å². The van der Waals surface area contributed by atoms with E-state index in [1.165, 1.54) is 60.5 Å². The molecule has 0 N–H and O–H groups in total. The van der Waals surface area contributed by atoms with Gasteiger partial charge < -0.3 is 6.92 Å². The molecule has 32 heavy (non-hydrogen) atoms. The molecular weight excluding hydrogens is 610 g/mol. The van der Waals surface area contributed by atoms with E-state index in [1.54, 1.807) is 0 Å². The summed E-state index contributed by atoms with van der Waals surface area (Å²) >= 11 is 0. The van der Waals surface area contributed by atoms with Crippen LogP contribution in [0.15, 0.2) is 48.5 Å². The summed E-state index contributed by atoms with van der Waals surface area (Å²) in [5.41, 5.74) is 10.6. The third-order valence-electron chi connectivity index (χ3n) is 7.24. The van der Waals surface area contributed by atoms with E-state index in [0.29, 0.717) is 0 Å². The number of benzene rings is 3. The second kappa shape index (κ2) is 8.11. The molecule has 0 saturated carbocycles. The van der Waals surface area contributed by atoms with Crippen LogP contribution in [-0.2, 0) is 30.1 Å². The van der Waals surface area contributed by atoms with Gasteiger partial charge in [0.25, 0.3) is 0 Å². The average Bonchev–Trinajstić information content (AvgIpc) is 2.90. The van der Waals surface area contributed by atoms with E-state index < -0.39 is 0 Å². The number of rotatable bonds is 1. The number of hydrogen-bond acceptors (Lipinski definition) is 0. The maximum absolute atomic E-state index is 4.39. The zero-order valence-electron chi connectivity index (χ0n) is 20.4. The second-order valence-corrected chi connectivity index (χ2v) is 11.4. The average molecular weight is 645 g/mol. The fraction of sp³-hybridized carbons (Fsp3) is 0.355. The van der Waals surface area contributed by atoms with E-state index in [2.05, 4.69) is 97.0 Å². The first kappa shape index (κ1) is 23.7. The topological polar surface area (TPSA) is 0 Å². The molecule has 1 aliphatic rings. The van der Waals surface area contributed by atoms with Crippen molar-refractivity contribution < 1.29 is 31.1 Å². The van der Waals surface area contributed by atoms with E-state index in [1.807, 2.05) is 0 Å². The van der Waals surface area contributed by atoms with Crippen molar-refractivity contribution in [1.29, 1.82) is 0 Å². The SMILES string of the molecule is [CH2-]Cc1c(C(C)(C)C)ccc2c3ccc(C(C)(C)C)c4c3[c-](c12)Cc1ccccc1C4.[U+2]. The molecule has 0 bridgehead atoms. The van der Waals surface area contributed by atoms with Crippen molar-refractivity contribution in [2.24, 2.45) is 0 Å². The van der Waals surface area contributed by atoms with Crippen molar-refractivity contribution in [3.63, 3.8) is 0 Å². The summed E-state index contributed by atoms with van der Waals surface area (Å²) < 4.78 is 0. The largest absolute Gasteiger partial charge is 2.00 e. The van der Waals surface area contributed by atoms with Crippen LogP contribution in [0.5, 0.6) is 0 Å². The molecule has 0 heterocycles. The quantitative estimate of drug-likeness (QED) is 0.162. The predicted octanol–water partition coefficient (Wildman–Crippen LogP) is 8.18. The zero-order valence-corrected chi connectivity index (χ0v) is 24.6. The summed E-state index contributed by atoms with van der Waals surface area (Å²) in [5.74, 6) is 0. The van der Waals surface area contributed by atoms with Crippen LogP contribution >= 0.6 is 0 Å². The maximum Gasteiger partial charge on any atom is 2.00 e. The number of hydrogen-bond donors (Lipinski definition) is 0. The van der Waals surface area contributed by atoms with Gasteiger partial charge in [0.1, 0.15) is 0 Å². The minimum Gasteiger partial charge on any atom is -0.346 e. The fourth-order valence-electron chi connectivity index (χ4n) is 5.87. The Hall–Kier alpha value is -1.42. The van der Waals surface area contributed by atoms with Gasteiger partial charge in [-0.3, -0.25) is 0 Å². The first-order valence-electron chi connectivity index (χ1n) is 11.7. The third kappa shape index (κ3) is 3.61. The molecule has 0 fully saturated rings. The Labute approximate surface area is 217 Å². The van der Waals surface area contributed by atoms with Gasteiger partial charge in [-0.15, -0.1) is 32.7 Å².